The summed E-state index contributed by atoms with van der Waals surface area (Å²) >= 11 is 0. The van der Waals surface area contributed by atoms with E-state index in [1.165, 1.54) is 0 Å². The van der Waals surface area contributed by atoms with Crippen LogP contribution >= 0.6 is 0 Å². The quantitative estimate of drug-likeness (QED) is 0.669. The lowest BCUT2D eigenvalue weighted by molar-refractivity contribution is -0.208. The molecule has 17 heavy (non-hydrogen) atoms. The van der Waals surface area contributed by atoms with Gasteiger partial charge in [0.05, 0.1) is 5.92 Å². The molecule has 1 rings (SSSR count). The number of methoxy groups -OCH3 is 2. The molecule has 0 N–H and O–H groups in total. The molecule has 0 aromatic carbocycles. The highest BCUT2D eigenvalue weighted by Crippen LogP contribution is 2.44. The van der Waals surface area contributed by atoms with Gasteiger partial charge in [-0.2, -0.15) is 0 Å². The van der Waals surface area contributed by atoms with Gasteiger partial charge in [0.15, 0.2) is 5.78 Å². The fourth-order valence-corrected chi connectivity index (χ4v) is 2.65. The Morgan fingerprint density at radius 3 is 2.53 bits per heavy atom. The molecule has 0 aliphatic heterocycles. The zero-order valence-electron chi connectivity index (χ0n) is 11.6. The smallest absolute Gasteiger partial charge is 0.173 e. The van der Waals surface area contributed by atoms with Crippen molar-refractivity contribution in [2.24, 2.45) is 11.8 Å². The summed E-state index contributed by atoms with van der Waals surface area (Å²) in [6.45, 7) is 9.82. The van der Waals surface area contributed by atoms with Crippen LogP contribution in [0.2, 0.25) is 0 Å². The second-order valence-corrected chi connectivity index (χ2v) is 5.33. The highest BCUT2D eigenvalue weighted by Gasteiger charge is 2.61. The normalized spacial score (nSPS) is 34.3. The Morgan fingerprint density at radius 1 is 1.53 bits per heavy atom. The summed E-state index contributed by atoms with van der Waals surface area (Å²) in [6, 6.07) is 0. The van der Waals surface area contributed by atoms with Gasteiger partial charge < -0.3 is 9.47 Å². The molecule has 98 valence electrons. The first kappa shape index (κ1) is 14.4. The largest absolute Gasteiger partial charge is 0.377 e. The number of rotatable bonds is 6. The molecule has 0 spiro atoms. The van der Waals surface area contributed by atoms with Gasteiger partial charge in [0.25, 0.3) is 0 Å². The molecule has 3 nitrogen and oxygen atoms in total. The van der Waals surface area contributed by atoms with Crippen LogP contribution in [0.5, 0.6) is 0 Å². The van der Waals surface area contributed by atoms with E-state index in [1.807, 2.05) is 13.8 Å². The Balaban J connectivity index is 2.66. The summed E-state index contributed by atoms with van der Waals surface area (Å²) in [4.78, 5) is 12.1. The Morgan fingerprint density at radius 2 is 2.12 bits per heavy atom. The van der Waals surface area contributed by atoms with E-state index in [-0.39, 0.29) is 17.8 Å². The molecular weight excluding hydrogens is 216 g/mol. The van der Waals surface area contributed by atoms with E-state index in [9.17, 15) is 4.79 Å². The second-order valence-electron chi connectivity index (χ2n) is 5.33. The van der Waals surface area contributed by atoms with Gasteiger partial charge in [-0.05, 0) is 32.6 Å². The lowest BCUT2D eigenvalue weighted by Gasteiger charge is -2.51. The second kappa shape index (κ2) is 5.32. The number of ether oxygens (including phenoxy) is 2. The van der Waals surface area contributed by atoms with E-state index in [0.717, 1.165) is 18.4 Å². The van der Waals surface area contributed by atoms with E-state index in [0.29, 0.717) is 5.92 Å². The molecule has 0 bridgehead atoms. The molecule has 3 heteroatoms. The molecule has 0 radical (unpaired) electrons. The summed E-state index contributed by atoms with van der Waals surface area (Å²) in [6.07, 6.45) is 1.82. The number of ketones is 1. The summed E-state index contributed by atoms with van der Waals surface area (Å²) in [5.41, 5.74) is 0.406. The van der Waals surface area contributed by atoms with Gasteiger partial charge in [0.2, 0.25) is 0 Å². The third-order valence-electron chi connectivity index (χ3n) is 3.98. The third-order valence-corrected chi connectivity index (χ3v) is 3.98. The summed E-state index contributed by atoms with van der Waals surface area (Å²) in [5, 5.41) is 0. The van der Waals surface area contributed by atoms with Crippen LogP contribution in [0.15, 0.2) is 12.2 Å². The average Bonchev–Trinajstić information content (AvgIpc) is 2.30. The van der Waals surface area contributed by atoms with Crippen LogP contribution in [0.25, 0.3) is 0 Å². The van der Waals surface area contributed by atoms with Gasteiger partial charge in [0.1, 0.15) is 11.7 Å². The van der Waals surface area contributed by atoms with Gasteiger partial charge in [-0.1, -0.05) is 12.5 Å². The maximum absolute atomic E-state index is 12.1. The maximum Gasteiger partial charge on any atom is 0.173 e. The van der Waals surface area contributed by atoms with E-state index in [4.69, 9.17) is 9.47 Å². The molecule has 1 unspecified atom stereocenters. The van der Waals surface area contributed by atoms with Crippen LogP contribution in [0.3, 0.4) is 0 Å². The van der Waals surface area contributed by atoms with Crippen molar-refractivity contribution in [3.05, 3.63) is 12.2 Å². The third kappa shape index (κ3) is 2.45. The highest BCUT2D eigenvalue weighted by atomic mass is 16.5. The predicted octanol–water partition coefficient (Wildman–Crippen LogP) is 2.60. The lowest BCUT2D eigenvalue weighted by atomic mass is 9.61. The van der Waals surface area contributed by atoms with Gasteiger partial charge >= 0.3 is 0 Å². The van der Waals surface area contributed by atoms with Gasteiger partial charge in [-0.25, -0.2) is 0 Å². The average molecular weight is 240 g/mol. The monoisotopic (exact) mass is 240 g/mol. The molecule has 0 aromatic rings. The summed E-state index contributed by atoms with van der Waals surface area (Å²) in [5.74, 6) is 0.442. The molecular formula is C14H24O3. The van der Waals surface area contributed by atoms with Gasteiger partial charge in [0, 0.05) is 14.2 Å². The van der Waals surface area contributed by atoms with E-state index < -0.39 is 5.60 Å². The minimum Gasteiger partial charge on any atom is -0.377 e. The molecule has 0 amide bonds. The Labute approximate surface area is 104 Å². The standard InChI is InChI=1S/C14H24O3/c1-9(2)7-8-10(3)11-12(15)14(4,17-6)13(11)16-5/h10-11,13H,1,7-8H2,2-6H3/t10?,11-,13-,14+/m0/s1. The molecule has 0 aromatic heterocycles. The lowest BCUT2D eigenvalue weighted by Crippen LogP contribution is -2.68. The van der Waals surface area contributed by atoms with Crippen molar-refractivity contribution in [2.45, 2.75) is 45.3 Å². The van der Waals surface area contributed by atoms with Crippen molar-refractivity contribution < 1.29 is 14.3 Å². The minimum absolute atomic E-state index is 0.0377. The summed E-state index contributed by atoms with van der Waals surface area (Å²) < 4.78 is 10.7. The first-order valence-electron chi connectivity index (χ1n) is 6.15. The maximum atomic E-state index is 12.1. The van der Waals surface area contributed by atoms with Crippen LogP contribution < -0.4 is 0 Å². The fourth-order valence-electron chi connectivity index (χ4n) is 2.65. The molecule has 1 aliphatic carbocycles. The van der Waals surface area contributed by atoms with Crippen molar-refractivity contribution in [3.63, 3.8) is 0 Å². The molecule has 0 heterocycles. The first-order chi connectivity index (χ1) is 7.88. The number of allylic oxidation sites excluding steroid dienone is 1. The van der Waals surface area contributed by atoms with Gasteiger partial charge in [-0.3, -0.25) is 4.79 Å². The van der Waals surface area contributed by atoms with E-state index in [2.05, 4.69) is 13.5 Å². The van der Waals surface area contributed by atoms with Crippen LogP contribution in [0.4, 0.5) is 0 Å². The molecule has 1 fully saturated rings. The Bertz CT molecular complexity index is 311. The van der Waals surface area contributed by atoms with Crippen LogP contribution in [0, 0.1) is 11.8 Å². The zero-order valence-corrected chi connectivity index (χ0v) is 11.6. The molecule has 1 saturated carbocycles. The van der Waals surface area contributed by atoms with Crippen molar-refractivity contribution in [3.8, 4) is 0 Å². The zero-order chi connectivity index (χ0) is 13.2. The Kier molecular flexibility index (Phi) is 4.50. The topological polar surface area (TPSA) is 35.5 Å². The predicted molar refractivity (Wildman–Crippen MR) is 67.9 cm³/mol. The number of carbonyl (C=O) groups is 1. The van der Waals surface area contributed by atoms with Crippen LogP contribution in [-0.2, 0) is 14.3 Å². The number of hydrogen-bond acceptors (Lipinski definition) is 3. The highest BCUT2D eigenvalue weighted by molar-refractivity contribution is 5.97. The van der Waals surface area contributed by atoms with E-state index in [1.54, 1.807) is 14.2 Å². The first-order valence-corrected chi connectivity index (χ1v) is 6.15. The van der Waals surface area contributed by atoms with Crippen molar-refractivity contribution >= 4 is 5.78 Å². The SMILES string of the molecule is C=C(C)CCC(C)[C@H]1C(=O)[C@@](C)(OC)[C@H]1OC. The van der Waals surface area contributed by atoms with E-state index >= 15 is 0 Å². The minimum atomic E-state index is -0.753. The molecule has 4 atom stereocenters. The number of carbonyl (C=O) groups excluding carboxylic acids is 1. The molecule has 0 saturated heterocycles. The van der Waals surface area contributed by atoms with Crippen molar-refractivity contribution in [2.75, 3.05) is 14.2 Å². The van der Waals surface area contributed by atoms with Crippen LogP contribution in [-0.4, -0.2) is 31.7 Å². The number of hydrogen-bond donors (Lipinski definition) is 0. The summed E-state index contributed by atoms with van der Waals surface area (Å²) in [7, 11) is 3.21. The van der Waals surface area contributed by atoms with Crippen molar-refractivity contribution in [1.82, 2.24) is 0 Å². The Hall–Kier alpha value is -0.670. The molecule has 1 aliphatic rings. The van der Waals surface area contributed by atoms with Crippen molar-refractivity contribution in [1.29, 1.82) is 0 Å². The number of Topliss-reactive ketones (excluding diaryl/α,β-unsaturated/α-hetero) is 1. The fraction of sp³-hybridized carbons (Fsp3) is 0.786. The van der Waals surface area contributed by atoms with Gasteiger partial charge in [-0.15, -0.1) is 6.58 Å². The van der Waals surface area contributed by atoms with Crippen LogP contribution in [0.1, 0.15) is 33.6 Å².